The SMILES string of the molecule is CCc1nc(Cc2ccccc2)sc1C1CCN(C)CC1. The molecule has 0 saturated carbocycles. The number of aryl methyl sites for hydroxylation is 1. The Labute approximate surface area is 131 Å². The number of likely N-dealkylation sites (tertiary alicyclic amines) is 1. The first-order valence-electron chi connectivity index (χ1n) is 7.97. The van der Waals surface area contributed by atoms with Crippen LogP contribution in [0.25, 0.3) is 0 Å². The average Bonchev–Trinajstić information content (AvgIpc) is 2.92. The minimum absolute atomic E-state index is 0.734. The lowest BCUT2D eigenvalue weighted by Gasteiger charge is -2.28. The van der Waals surface area contributed by atoms with Gasteiger partial charge in [-0.05, 0) is 50.9 Å². The molecule has 0 N–H and O–H groups in total. The molecule has 0 aliphatic carbocycles. The van der Waals surface area contributed by atoms with Crippen molar-refractivity contribution >= 4 is 11.3 Å². The molecule has 0 atom stereocenters. The summed E-state index contributed by atoms with van der Waals surface area (Å²) in [4.78, 5) is 8.93. The summed E-state index contributed by atoms with van der Waals surface area (Å²) in [6.07, 6.45) is 4.62. The molecule has 1 fully saturated rings. The van der Waals surface area contributed by atoms with Crippen molar-refractivity contribution in [1.82, 2.24) is 9.88 Å². The van der Waals surface area contributed by atoms with Gasteiger partial charge in [0.2, 0.25) is 0 Å². The summed E-state index contributed by atoms with van der Waals surface area (Å²) >= 11 is 1.96. The third kappa shape index (κ3) is 3.53. The van der Waals surface area contributed by atoms with E-state index in [1.54, 1.807) is 4.88 Å². The first-order chi connectivity index (χ1) is 10.3. The van der Waals surface area contributed by atoms with E-state index >= 15 is 0 Å². The highest BCUT2D eigenvalue weighted by Crippen LogP contribution is 2.35. The van der Waals surface area contributed by atoms with Gasteiger partial charge in [0.1, 0.15) is 0 Å². The molecule has 0 radical (unpaired) electrons. The summed E-state index contributed by atoms with van der Waals surface area (Å²) in [6.45, 7) is 4.68. The molecular weight excluding hydrogens is 276 g/mol. The van der Waals surface area contributed by atoms with Crippen molar-refractivity contribution in [3.8, 4) is 0 Å². The predicted octanol–water partition coefficient (Wildman–Crippen LogP) is 4.11. The number of piperidine rings is 1. The van der Waals surface area contributed by atoms with E-state index in [1.165, 1.54) is 42.2 Å². The molecule has 3 heteroatoms. The third-order valence-electron chi connectivity index (χ3n) is 4.39. The highest BCUT2D eigenvalue weighted by molar-refractivity contribution is 7.11. The Balaban J connectivity index is 1.78. The van der Waals surface area contributed by atoms with Crippen molar-refractivity contribution in [1.29, 1.82) is 0 Å². The zero-order valence-electron chi connectivity index (χ0n) is 13.0. The van der Waals surface area contributed by atoms with E-state index in [0.29, 0.717) is 0 Å². The van der Waals surface area contributed by atoms with E-state index in [4.69, 9.17) is 4.98 Å². The normalized spacial score (nSPS) is 17.2. The van der Waals surface area contributed by atoms with Crippen LogP contribution < -0.4 is 0 Å². The van der Waals surface area contributed by atoms with Crippen LogP contribution >= 0.6 is 11.3 Å². The monoisotopic (exact) mass is 300 g/mol. The first-order valence-corrected chi connectivity index (χ1v) is 8.79. The van der Waals surface area contributed by atoms with Crippen molar-refractivity contribution in [2.24, 2.45) is 0 Å². The summed E-state index contributed by atoms with van der Waals surface area (Å²) < 4.78 is 0. The van der Waals surface area contributed by atoms with Crippen molar-refractivity contribution in [2.75, 3.05) is 20.1 Å². The van der Waals surface area contributed by atoms with Crippen molar-refractivity contribution < 1.29 is 0 Å². The van der Waals surface area contributed by atoms with Crippen LogP contribution in [0, 0.1) is 0 Å². The van der Waals surface area contributed by atoms with Crippen LogP contribution in [0.5, 0.6) is 0 Å². The number of hydrogen-bond acceptors (Lipinski definition) is 3. The summed E-state index contributed by atoms with van der Waals surface area (Å²) in [5, 5.41) is 1.28. The standard InChI is InChI=1S/C18H24N2S/c1-3-16-18(15-9-11-20(2)12-10-15)21-17(19-16)13-14-7-5-4-6-8-14/h4-8,15H,3,9-13H2,1-2H3. The molecule has 1 aliphatic heterocycles. The van der Waals surface area contributed by atoms with Crippen molar-refractivity contribution in [3.05, 3.63) is 51.5 Å². The van der Waals surface area contributed by atoms with Gasteiger partial charge in [0.25, 0.3) is 0 Å². The minimum Gasteiger partial charge on any atom is -0.306 e. The van der Waals surface area contributed by atoms with Gasteiger partial charge >= 0.3 is 0 Å². The zero-order chi connectivity index (χ0) is 14.7. The van der Waals surface area contributed by atoms with Gasteiger partial charge in [0, 0.05) is 11.3 Å². The number of nitrogens with zero attached hydrogens (tertiary/aromatic N) is 2. The minimum atomic E-state index is 0.734. The van der Waals surface area contributed by atoms with Gasteiger partial charge in [-0.25, -0.2) is 4.98 Å². The highest BCUT2D eigenvalue weighted by Gasteiger charge is 2.23. The Morgan fingerprint density at radius 1 is 1.19 bits per heavy atom. The van der Waals surface area contributed by atoms with Crippen LogP contribution in [0.15, 0.2) is 30.3 Å². The molecule has 21 heavy (non-hydrogen) atoms. The number of thiazole rings is 1. The number of benzene rings is 1. The molecule has 1 saturated heterocycles. The molecule has 0 bridgehead atoms. The van der Waals surface area contributed by atoms with Crippen molar-refractivity contribution in [2.45, 2.75) is 38.5 Å². The smallest absolute Gasteiger partial charge is 0.0975 e. The van der Waals surface area contributed by atoms with Gasteiger partial charge in [-0.1, -0.05) is 37.3 Å². The van der Waals surface area contributed by atoms with Crippen LogP contribution in [-0.4, -0.2) is 30.0 Å². The molecule has 1 aromatic heterocycles. The van der Waals surface area contributed by atoms with E-state index in [-0.39, 0.29) is 0 Å². The largest absolute Gasteiger partial charge is 0.306 e. The number of rotatable bonds is 4. The second-order valence-electron chi connectivity index (χ2n) is 6.01. The number of hydrogen-bond donors (Lipinski definition) is 0. The molecule has 112 valence electrons. The fourth-order valence-corrected chi connectivity index (χ4v) is 4.46. The lowest BCUT2D eigenvalue weighted by molar-refractivity contribution is 0.256. The second-order valence-corrected chi connectivity index (χ2v) is 7.13. The third-order valence-corrected chi connectivity index (χ3v) is 5.65. The Bertz CT molecular complexity index is 568. The van der Waals surface area contributed by atoms with E-state index < -0.39 is 0 Å². The molecule has 3 rings (SSSR count). The summed E-state index contributed by atoms with van der Waals surface area (Å²) in [5.74, 6) is 0.734. The summed E-state index contributed by atoms with van der Waals surface area (Å²) in [7, 11) is 2.23. The first kappa shape index (κ1) is 14.7. The molecule has 1 aliphatic rings. The lowest BCUT2D eigenvalue weighted by Crippen LogP contribution is -2.29. The Morgan fingerprint density at radius 2 is 1.90 bits per heavy atom. The predicted molar refractivity (Wildman–Crippen MR) is 90.2 cm³/mol. The van der Waals surface area contributed by atoms with E-state index in [9.17, 15) is 0 Å². The Hall–Kier alpha value is -1.19. The molecule has 0 unspecified atom stereocenters. The lowest BCUT2D eigenvalue weighted by atomic mass is 9.94. The van der Waals surface area contributed by atoms with Crippen LogP contribution in [0.4, 0.5) is 0 Å². The molecular formula is C18H24N2S. The Morgan fingerprint density at radius 3 is 2.57 bits per heavy atom. The molecule has 0 amide bonds. The highest BCUT2D eigenvalue weighted by atomic mass is 32.1. The second kappa shape index (κ2) is 6.71. The maximum atomic E-state index is 4.92. The van der Waals surface area contributed by atoms with Gasteiger partial charge in [-0.2, -0.15) is 0 Å². The molecule has 2 nitrogen and oxygen atoms in total. The fraction of sp³-hybridized carbons (Fsp3) is 0.500. The van der Waals surface area contributed by atoms with E-state index in [0.717, 1.165) is 18.8 Å². The topological polar surface area (TPSA) is 16.1 Å². The molecule has 2 aromatic rings. The van der Waals surface area contributed by atoms with Gasteiger partial charge in [0.15, 0.2) is 0 Å². The number of aromatic nitrogens is 1. The molecule has 2 heterocycles. The fourth-order valence-electron chi connectivity index (χ4n) is 3.10. The van der Waals surface area contributed by atoms with Gasteiger partial charge in [0.05, 0.1) is 10.7 Å². The van der Waals surface area contributed by atoms with Gasteiger partial charge in [-0.3, -0.25) is 0 Å². The zero-order valence-corrected chi connectivity index (χ0v) is 13.8. The van der Waals surface area contributed by atoms with Crippen LogP contribution in [-0.2, 0) is 12.8 Å². The van der Waals surface area contributed by atoms with Gasteiger partial charge in [-0.15, -0.1) is 11.3 Å². The van der Waals surface area contributed by atoms with Crippen LogP contribution in [0.3, 0.4) is 0 Å². The Kier molecular flexibility index (Phi) is 4.71. The van der Waals surface area contributed by atoms with Gasteiger partial charge < -0.3 is 4.90 Å². The quantitative estimate of drug-likeness (QED) is 0.845. The average molecular weight is 300 g/mol. The summed E-state index contributed by atoms with van der Waals surface area (Å²) in [5.41, 5.74) is 2.71. The van der Waals surface area contributed by atoms with Crippen LogP contribution in [0.2, 0.25) is 0 Å². The maximum Gasteiger partial charge on any atom is 0.0975 e. The van der Waals surface area contributed by atoms with E-state index in [1.807, 2.05) is 11.3 Å². The van der Waals surface area contributed by atoms with E-state index in [2.05, 4.69) is 49.2 Å². The van der Waals surface area contributed by atoms with Crippen LogP contribution in [0.1, 0.15) is 46.8 Å². The van der Waals surface area contributed by atoms with Crippen molar-refractivity contribution in [3.63, 3.8) is 0 Å². The maximum absolute atomic E-state index is 4.92. The molecule has 1 aromatic carbocycles. The summed E-state index contributed by atoms with van der Waals surface area (Å²) in [6, 6.07) is 10.7. The molecule has 0 spiro atoms.